The molecule has 25 heavy (non-hydrogen) atoms. The molecule has 1 aliphatic heterocycles. The molecule has 1 atom stereocenters. The van der Waals surface area contributed by atoms with Crippen LogP contribution in [0, 0.1) is 0 Å². The molecule has 3 aromatic rings. The maximum atomic E-state index is 4.64. The van der Waals surface area contributed by atoms with E-state index in [9.17, 15) is 0 Å². The van der Waals surface area contributed by atoms with E-state index in [0.717, 1.165) is 42.5 Å². The van der Waals surface area contributed by atoms with Crippen LogP contribution in [0.4, 0.5) is 0 Å². The van der Waals surface area contributed by atoms with Crippen LogP contribution in [0.5, 0.6) is 0 Å². The van der Waals surface area contributed by atoms with Crippen LogP contribution in [0.1, 0.15) is 43.7 Å². The summed E-state index contributed by atoms with van der Waals surface area (Å²) in [6.45, 7) is 5.70. The van der Waals surface area contributed by atoms with Crippen molar-refractivity contribution in [3.63, 3.8) is 0 Å². The third-order valence-electron chi connectivity index (χ3n) is 4.47. The predicted octanol–water partition coefficient (Wildman–Crippen LogP) is 1.48. The smallest absolute Gasteiger partial charge is 0.170 e. The molecule has 8 heteroatoms. The molecule has 0 aliphatic carbocycles. The zero-order valence-corrected chi connectivity index (χ0v) is 14.5. The molecule has 0 saturated carbocycles. The van der Waals surface area contributed by atoms with Crippen molar-refractivity contribution < 1.29 is 0 Å². The van der Waals surface area contributed by atoms with Gasteiger partial charge in [0.05, 0.1) is 18.8 Å². The summed E-state index contributed by atoms with van der Waals surface area (Å²) in [6, 6.07) is 10.3. The van der Waals surface area contributed by atoms with E-state index in [1.165, 1.54) is 0 Å². The molecule has 4 rings (SSSR count). The summed E-state index contributed by atoms with van der Waals surface area (Å²) in [6.07, 6.45) is 1.99. The lowest BCUT2D eigenvalue weighted by molar-refractivity contribution is 0.353. The van der Waals surface area contributed by atoms with E-state index < -0.39 is 0 Å². The van der Waals surface area contributed by atoms with Gasteiger partial charge in [0.25, 0.3) is 0 Å². The Labute approximate surface area is 146 Å². The number of benzene rings is 1. The molecule has 0 fully saturated rings. The van der Waals surface area contributed by atoms with E-state index in [1.54, 1.807) is 4.68 Å². The molecule has 8 nitrogen and oxygen atoms in total. The van der Waals surface area contributed by atoms with Crippen molar-refractivity contribution in [1.82, 2.24) is 40.3 Å². The molecule has 0 spiro atoms. The molecule has 130 valence electrons. The van der Waals surface area contributed by atoms with Gasteiger partial charge in [0.1, 0.15) is 5.82 Å². The van der Waals surface area contributed by atoms with E-state index in [-0.39, 0.29) is 0 Å². The highest BCUT2D eigenvalue weighted by molar-refractivity contribution is 5.30. The van der Waals surface area contributed by atoms with Crippen molar-refractivity contribution in [2.45, 2.75) is 51.7 Å². The summed E-state index contributed by atoms with van der Waals surface area (Å²) in [5.41, 5.74) is 0.966. The first-order valence-corrected chi connectivity index (χ1v) is 8.70. The summed E-state index contributed by atoms with van der Waals surface area (Å²) in [5, 5.41) is 20.3. The first-order valence-electron chi connectivity index (χ1n) is 8.70. The fraction of sp³-hybridized carbons (Fsp3) is 0.471. The number of para-hydroxylation sites is 1. The van der Waals surface area contributed by atoms with Gasteiger partial charge < -0.3 is 5.32 Å². The average molecular weight is 338 g/mol. The number of nitrogens with zero attached hydrogens (tertiary/aromatic N) is 7. The van der Waals surface area contributed by atoms with Gasteiger partial charge in [-0.3, -0.25) is 0 Å². The number of hydrogen-bond acceptors (Lipinski definition) is 6. The first-order chi connectivity index (χ1) is 12.2. The van der Waals surface area contributed by atoms with Crippen molar-refractivity contribution in [2.75, 3.05) is 0 Å². The molecule has 3 heterocycles. The summed E-state index contributed by atoms with van der Waals surface area (Å²) >= 11 is 0. The molecular formula is C17H22N8. The van der Waals surface area contributed by atoms with E-state index in [4.69, 9.17) is 0 Å². The molecule has 0 amide bonds. The second kappa shape index (κ2) is 6.72. The maximum Gasteiger partial charge on any atom is 0.170 e. The summed E-state index contributed by atoms with van der Waals surface area (Å²) < 4.78 is 3.81. The SMILES string of the molecule is CC(C)c1nc2n(n1)CC(NCc1nnnn1-c1ccccc1)CC2. The maximum absolute atomic E-state index is 4.64. The fourth-order valence-corrected chi connectivity index (χ4v) is 3.06. The van der Waals surface area contributed by atoms with Gasteiger partial charge in [-0.1, -0.05) is 32.0 Å². The topological polar surface area (TPSA) is 86.3 Å². The Morgan fingerprint density at radius 3 is 2.88 bits per heavy atom. The van der Waals surface area contributed by atoms with Crippen molar-refractivity contribution in [1.29, 1.82) is 0 Å². The standard InChI is InChI=1S/C17H22N8/c1-12(2)17-19-15-9-8-13(11-24(15)21-17)18-10-16-20-22-23-25(16)14-6-4-3-5-7-14/h3-7,12-13,18H,8-11H2,1-2H3. The number of rotatable bonds is 5. The van der Waals surface area contributed by atoms with E-state index in [1.807, 2.05) is 35.0 Å². The predicted molar refractivity (Wildman–Crippen MR) is 92.2 cm³/mol. The van der Waals surface area contributed by atoms with Crippen LogP contribution in [0.15, 0.2) is 30.3 Å². The van der Waals surface area contributed by atoms with Crippen LogP contribution >= 0.6 is 0 Å². The molecule has 0 radical (unpaired) electrons. The monoisotopic (exact) mass is 338 g/mol. The van der Waals surface area contributed by atoms with Gasteiger partial charge in [-0.15, -0.1) is 5.10 Å². The van der Waals surface area contributed by atoms with Gasteiger partial charge in [-0.05, 0) is 29.0 Å². The van der Waals surface area contributed by atoms with Crippen molar-refractivity contribution in [3.05, 3.63) is 47.8 Å². The Hall–Kier alpha value is -2.61. The van der Waals surface area contributed by atoms with Crippen LogP contribution in [0.2, 0.25) is 0 Å². The summed E-state index contributed by atoms with van der Waals surface area (Å²) in [7, 11) is 0. The lowest BCUT2D eigenvalue weighted by Gasteiger charge is -2.23. The zero-order valence-electron chi connectivity index (χ0n) is 14.5. The molecule has 2 aromatic heterocycles. The molecular weight excluding hydrogens is 316 g/mol. The van der Waals surface area contributed by atoms with Crippen molar-refractivity contribution >= 4 is 0 Å². The molecule has 1 aromatic carbocycles. The Morgan fingerprint density at radius 1 is 1.24 bits per heavy atom. The van der Waals surface area contributed by atoms with Crippen LogP contribution in [0.25, 0.3) is 5.69 Å². The minimum Gasteiger partial charge on any atom is -0.305 e. The van der Waals surface area contributed by atoms with Crippen LogP contribution < -0.4 is 5.32 Å². The summed E-state index contributed by atoms with van der Waals surface area (Å²) in [5.74, 6) is 3.19. The fourth-order valence-electron chi connectivity index (χ4n) is 3.06. The van der Waals surface area contributed by atoms with Gasteiger partial charge in [0.2, 0.25) is 0 Å². The second-order valence-electron chi connectivity index (χ2n) is 6.68. The number of hydrogen-bond donors (Lipinski definition) is 1. The van der Waals surface area contributed by atoms with E-state index >= 15 is 0 Å². The highest BCUT2D eigenvalue weighted by Crippen LogP contribution is 2.17. The van der Waals surface area contributed by atoms with Gasteiger partial charge in [-0.25, -0.2) is 9.67 Å². The largest absolute Gasteiger partial charge is 0.305 e. The van der Waals surface area contributed by atoms with Gasteiger partial charge in [-0.2, -0.15) is 9.78 Å². The zero-order chi connectivity index (χ0) is 17.2. The normalized spacial score (nSPS) is 17.0. The van der Waals surface area contributed by atoms with Gasteiger partial charge >= 0.3 is 0 Å². The van der Waals surface area contributed by atoms with Crippen LogP contribution in [-0.4, -0.2) is 41.0 Å². The van der Waals surface area contributed by atoms with E-state index in [0.29, 0.717) is 18.5 Å². The molecule has 1 unspecified atom stereocenters. The highest BCUT2D eigenvalue weighted by Gasteiger charge is 2.22. The molecule has 0 saturated heterocycles. The minimum absolute atomic E-state index is 0.343. The number of aromatic nitrogens is 7. The Morgan fingerprint density at radius 2 is 2.08 bits per heavy atom. The molecule has 1 aliphatic rings. The van der Waals surface area contributed by atoms with Crippen molar-refractivity contribution in [2.24, 2.45) is 0 Å². The quantitative estimate of drug-likeness (QED) is 0.758. The lowest BCUT2D eigenvalue weighted by Crippen LogP contribution is -2.38. The summed E-state index contributed by atoms with van der Waals surface area (Å²) in [4.78, 5) is 4.64. The Bertz CT molecular complexity index is 835. The van der Waals surface area contributed by atoms with Gasteiger partial charge in [0.15, 0.2) is 11.6 Å². The van der Waals surface area contributed by atoms with Crippen LogP contribution in [-0.2, 0) is 19.5 Å². The van der Waals surface area contributed by atoms with Crippen LogP contribution in [0.3, 0.4) is 0 Å². The Kier molecular flexibility index (Phi) is 4.27. The number of tetrazole rings is 1. The van der Waals surface area contributed by atoms with Gasteiger partial charge in [0, 0.05) is 18.4 Å². The average Bonchev–Trinajstić information content (AvgIpc) is 3.27. The Balaban J connectivity index is 1.42. The second-order valence-corrected chi connectivity index (χ2v) is 6.68. The first kappa shape index (κ1) is 15.9. The van der Waals surface area contributed by atoms with E-state index in [2.05, 4.69) is 44.8 Å². The van der Waals surface area contributed by atoms with Crippen molar-refractivity contribution in [3.8, 4) is 5.69 Å². The lowest BCUT2D eigenvalue weighted by atomic mass is 10.1. The highest BCUT2D eigenvalue weighted by atomic mass is 15.5. The third-order valence-corrected chi connectivity index (χ3v) is 4.47. The minimum atomic E-state index is 0.343. The third kappa shape index (κ3) is 3.30. The number of aryl methyl sites for hydroxylation is 1. The molecule has 0 bridgehead atoms. The number of nitrogens with one attached hydrogen (secondary N) is 1. The number of fused-ring (bicyclic) bond motifs is 1. The molecule has 1 N–H and O–H groups in total.